The van der Waals surface area contributed by atoms with Crippen LogP contribution < -0.4 is 4.90 Å². The molecule has 2 rings (SSSR count). The molecule has 1 aliphatic heterocycles. The predicted molar refractivity (Wildman–Crippen MR) is 59.9 cm³/mol. The highest BCUT2D eigenvalue weighted by molar-refractivity contribution is 5.84. The summed E-state index contributed by atoms with van der Waals surface area (Å²) in [6.07, 6.45) is 5.04. The molecule has 3 nitrogen and oxygen atoms in total. The number of pyridine rings is 1. The van der Waals surface area contributed by atoms with E-state index in [1.54, 1.807) is 13.1 Å². The van der Waals surface area contributed by atoms with Gasteiger partial charge in [0.2, 0.25) is 0 Å². The molecule has 1 aromatic rings. The van der Waals surface area contributed by atoms with Gasteiger partial charge in [-0.3, -0.25) is 4.79 Å². The van der Waals surface area contributed by atoms with Crippen LogP contribution in [0.4, 0.5) is 5.82 Å². The van der Waals surface area contributed by atoms with Crippen molar-refractivity contribution in [2.75, 3.05) is 11.4 Å². The molecule has 80 valence electrons. The molecule has 1 fully saturated rings. The Balaban J connectivity index is 2.22. The molecule has 1 aromatic heterocycles. The van der Waals surface area contributed by atoms with Gasteiger partial charge >= 0.3 is 0 Å². The van der Waals surface area contributed by atoms with E-state index in [0.717, 1.165) is 31.6 Å². The van der Waals surface area contributed by atoms with Gasteiger partial charge in [0.05, 0.1) is 6.04 Å². The molecular weight excluding hydrogens is 188 g/mol. The van der Waals surface area contributed by atoms with E-state index in [9.17, 15) is 4.79 Å². The third-order valence-electron chi connectivity index (χ3n) is 2.92. The lowest BCUT2D eigenvalue weighted by Gasteiger charge is -2.34. The minimum atomic E-state index is 0.0358. The SMILES string of the molecule is CC(=O)C1CCCCN1c1ccccn1. The number of anilines is 1. The third kappa shape index (κ3) is 2.17. The standard InChI is InChI=1S/C12H16N2O/c1-10(15)11-6-3-5-9-14(11)12-7-2-4-8-13-12/h2,4,7-8,11H,3,5-6,9H2,1H3. The Morgan fingerprint density at radius 2 is 2.33 bits per heavy atom. The van der Waals surface area contributed by atoms with Gasteiger partial charge in [-0.25, -0.2) is 4.98 Å². The fourth-order valence-electron chi connectivity index (χ4n) is 2.15. The minimum absolute atomic E-state index is 0.0358. The van der Waals surface area contributed by atoms with Crippen molar-refractivity contribution in [1.29, 1.82) is 0 Å². The number of ketones is 1. The molecule has 1 unspecified atom stereocenters. The predicted octanol–water partition coefficient (Wildman–Crippen LogP) is 2.03. The number of nitrogens with zero attached hydrogens (tertiary/aromatic N) is 2. The summed E-state index contributed by atoms with van der Waals surface area (Å²) in [5, 5.41) is 0. The largest absolute Gasteiger partial charge is 0.347 e. The maximum atomic E-state index is 11.5. The number of carbonyl (C=O) groups is 1. The van der Waals surface area contributed by atoms with Crippen LogP contribution in [0, 0.1) is 0 Å². The van der Waals surface area contributed by atoms with E-state index in [1.165, 1.54) is 0 Å². The van der Waals surface area contributed by atoms with Crippen LogP contribution in [0.15, 0.2) is 24.4 Å². The van der Waals surface area contributed by atoms with E-state index < -0.39 is 0 Å². The lowest BCUT2D eigenvalue weighted by atomic mass is 9.99. The van der Waals surface area contributed by atoms with Crippen molar-refractivity contribution in [3.8, 4) is 0 Å². The summed E-state index contributed by atoms with van der Waals surface area (Å²) in [5.74, 6) is 1.18. The second kappa shape index (κ2) is 4.43. The minimum Gasteiger partial charge on any atom is -0.347 e. The van der Waals surface area contributed by atoms with Crippen molar-refractivity contribution in [2.45, 2.75) is 32.2 Å². The molecule has 0 aliphatic carbocycles. The molecule has 2 heterocycles. The molecule has 0 saturated carbocycles. The molecule has 0 N–H and O–H groups in total. The van der Waals surface area contributed by atoms with E-state index in [4.69, 9.17) is 0 Å². The van der Waals surface area contributed by atoms with Crippen LogP contribution >= 0.6 is 0 Å². The fourth-order valence-corrected chi connectivity index (χ4v) is 2.15. The maximum absolute atomic E-state index is 11.5. The van der Waals surface area contributed by atoms with Crippen LogP contribution in [0.25, 0.3) is 0 Å². The number of Topliss-reactive ketones (excluding diaryl/α,β-unsaturated/α-hetero) is 1. The Morgan fingerprint density at radius 3 is 3.00 bits per heavy atom. The maximum Gasteiger partial charge on any atom is 0.152 e. The van der Waals surface area contributed by atoms with Crippen LogP contribution in [-0.2, 0) is 4.79 Å². The molecular formula is C12H16N2O. The summed E-state index contributed by atoms with van der Waals surface area (Å²) in [7, 11) is 0. The van der Waals surface area contributed by atoms with E-state index >= 15 is 0 Å². The van der Waals surface area contributed by atoms with E-state index in [2.05, 4.69) is 9.88 Å². The second-order valence-electron chi connectivity index (χ2n) is 4.00. The van der Waals surface area contributed by atoms with Crippen molar-refractivity contribution < 1.29 is 4.79 Å². The van der Waals surface area contributed by atoms with Gasteiger partial charge in [-0.2, -0.15) is 0 Å². The lowest BCUT2D eigenvalue weighted by Crippen LogP contribution is -2.44. The van der Waals surface area contributed by atoms with Crippen LogP contribution in [0.2, 0.25) is 0 Å². The monoisotopic (exact) mass is 204 g/mol. The molecule has 3 heteroatoms. The first-order valence-corrected chi connectivity index (χ1v) is 5.47. The van der Waals surface area contributed by atoms with Gasteiger partial charge in [0.15, 0.2) is 5.78 Å². The van der Waals surface area contributed by atoms with E-state index in [-0.39, 0.29) is 11.8 Å². The number of hydrogen-bond donors (Lipinski definition) is 0. The average molecular weight is 204 g/mol. The quantitative estimate of drug-likeness (QED) is 0.739. The number of aromatic nitrogens is 1. The number of hydrogen-bond acceptors (Lipinski definition) is 3. The van der Waals surface area contributed by atoms with Crippen LogP contribution in [0.1, 0.15) is 26.2 Å². The fraction of sp³-hybridized carbons (Fsp3) is 0.500. The lowest BCUT2D eigenvalue weighted by molar-refractivity contribution is -0.118. The van der Waals surface area contributed by atoms with Gasteiger partial charge in [0.1, 0.15) is 5.82 Å². The third-order valence-corrected chi connectivity index (χ3v) is 2.92. The molecule has 0 amide bonds. The molecule has 0 spiro atoms. The van der Waals surface area contributed by atoms with Crippen LogP contribution in [0.3, 0.4) is 0 Å². The zero-order chi connectivity index (χ0) is 10.7. The van der Waals surface area contributed by atoms with Gasteiger partial charge in [-0.15, -0.1) is 0 Å². The van der Waals surface area contributed by atoms with Crippen LogP contribution in [0.5, 0.6) is 0 Å². The Bertz CT molecular complexity index is 337. The van der Waals surface area contributed by atoms with Gasteiger partial charge in [-0.05, 0) is 38.3 Å². The van der Waals surface area contributed by atoms with Crippen LogP contribution in [-0.4, -0.2) is 23.4 Å². The summed E-state index contributed by atoms with van der Waals surface area (Å²) in [5.41, 5.74) is 0. The second-order valence-corrected chi connectivity index (χ2v) is 4.00. The molecule has 0 aromatic carbocycles. The zero-order valence-corrected chi connectivity index (χ0v) is 9.02. The van der Waals surface area contributed by atoms with Gasteiger partial charge < -0.3 is 4.90 Å². The summed E-state index contributed by atoms with van der Waals surface area (Å²) in [6, 6.07) is 5.87. The van der Waals surface area contributed by atoms with Crippen molar-refractivity contribution in [2.24, 2.45) is 0 Å². The van der Waals surface area contributed by atoms with Gasteiger partial charge in [0, 0.05) is 12.7 Å². The molecule has 1 aliphatic rings. The van der Waals surface area contributed by atoms with E-state index in [0.29, 0.717) is 0 Å². The highest BCUT2D eigenvalue weighted by Crippen LogP contribution is 2.23. The molecule has 0 bridgehead atoms. The molecule has 15 heavy (non-hydrogen) atoms. The Kier molecular flexibility index (Phi) is 2.99. The average Bonchev–Trinajstić information content (AvgIpc) is 2.30. The molecule has 1 atom stereocenters. The normalized spacial score (nSPS) is 21.4. The topological polar surface area (TPSA) is 33.2 Å². The highest BCUT2D eigenvalue weighted by atomic mass is 16.1. The number of carbonyl (C=O) groups excluding carboxylic acids is 1. The van der Waals surface area contributed by atoms with Crippen molar-refractivity contribution in [1.82, 2.24) is 4.98 Å². The summed E-state index contributed by atoms with van der Waals surface area (Å²) >= 11 is 0. The molecule has 0 radical (unpaired) electrons. The van der Waals surface area contributed by atoms with Crippen molar-refractivity contribution >= 4 is 11.6 Å². The summed E-state index contributed by atoms with van der Waals surface area (Å²) < 4.78 is 0. The Labute approximate surface area is 90.1 Å². The van der Waals surface area contributed by atoms with Crippen molar-refractivity contribution in [3.63, 3.8) is 0 Å². The number of piperidine rings is 1. The Morgan fingerprint density at radius 1 is 1.47 bits per heavy atom. The zero-order valence-electron chi connectivity index (χ0n) is 9.02. The first-order valence-electron chi connectivity index (χ1n) is 5.47. The first-order chi connectivity index (χ1) is 7.29. The number of rotatable bonds is 2. The van der Waals surface area contributed by atoms with Gasteiger partial charge in [-0.1, -0.05) is 6.07 Å². The Hall–Kier alpha value is -1.38. The van der Waals surface area contributed by atoms with Crippen molar-refractivity contribution in [3.05, 3.63) is 24.4 Å². The summed E-state index contributed by atoms with van der Waals surface area (Å²) in [6.45, 7) is 2.62. The smallest absolute Gasteiger partial charge is 0.152 e. The summed E-state index contributed by atoms with van der Waals surface area (Å²) in [4.78, 5) is 18.0. The first kappa shape index (κ1) is 10.1. The van der Waals surface area contributed by atoms with Gasteiger partial charge in [0.25, 0.3) is 0 Å². The molecule has 1 saturated heterocycles. The van der Waals surface area contributed by atoms with E-state index in [1.807, 2.05) is 18.2 Å². The highest BCUT2D eigenvalue weighted by Gasteiger charge is 2.26.